The van der Waals surface area contributed by atoms with Crippen molar-refractivity contribution in [3.05, 3.63) is 29.8 Å². The van der Waals surface area contributed by atoms with Gasteiger partial charge in [-0.05, 0) is 12.1 Å². The molecule has 0 radical (unpaired) electrons. The minimum atomic E-state index is -0.997. The van der Waals surface area contributed by atoms with Gasteiger partial charge in [-0.2, -0.15) is 5.26 Å². The van der Waals surface area contributed by atoms with E-state index in [0.717, 1.165) is 7.11 Å². The smallest absolute Gasteiger partial charge is 0.396 e. The lowest BCUT2D eigenvalue weighted by Gasteiger charge is -2.04. The molecule has 0 aromatic heterocycles. The van der Waals surface area contributed by atoms with Gasteiger partial charge in [-0.25, -0.2) is 4.79 Å². The van der Waals surface area contributed by atoms with Crippen LogP contribution in [0, 0.1) is 11.3 Å². The number of nitrogens with one attached hydrogen (secondary N) is 1. The fourth-order valence-corrected chi connectivity index (χ4v) is 0.956. The van der Waals surface area contributed by atoms with Gasteiger partial charge < -0.3 is 10.1 Å². The summed E-state index contributed by atoms with van der Waals surface area (Å²) in [6.07, 6.45) is 0. The summed E-state index contributed by atoms with van der Waals surface area (Å²) < 4.78 is 4.22. The second-order valence-electron chi connectivity index (χ2n) is 2.60. The molecule has 0 saturated heterocycles. The van der Waals surface area contributed by atoms with Crippen LogP contribution in [0.15, 0.2) is 24.3 Å². The summed E-state index contributed by atoms with van der Waals surface area (Å²) in [5.74, 6) is -1.90. The molecule has 0 unspecified atom stereocenters. The van der Waals surface area contributed by atoms with Gasteiger partial charge >= 0.3 is 11.9 Å². The number of amides is 1. The van der Waals surface area contributed by atoms with Crippen molar-refractivity contribution in [2.24, 2.45) is 0 Å². The first-order valence-corrected chi connectivity index (χ1v) is 4.07. The number of hydrogen-bond donors (Lipinski definition) is 1. The normalized spacial score (nSPS) is 8.80. The maximum absolute atomic E-state index is 11.1. The van der Waals surface area contributed by atoms with Crippen molar-refractivity contribution in [3.63, 3.8) is 0 Å². The third-order valence-electron chi connectivity index (χ3n) is 1.67. The fourth-order valence-electron chi connectivity index (χ4n) is 0.956. The summed E-state index contributed by atoms with van der Waals surface area (Å²) in [6.45, 7) is 0. The number of nitrogens with zero attached hydrogens (tertiary/aromatic N) is 1. The summed E-state index contributed by atoms with van der Waals surface area (Å²) in [5.41, 5.74) is 0.574. The quantitative estimate of drug-likeness (QED) is 0.538. The average Bonchev–Trinajstić information content (AvgIpc) is 2.28. The Morgan fingerprint density at radius 3 is 2.67 bits per heavy atom. The van der Waals surface area contributed by atoms with Gasteiger partial charge in [0.2, 0.25) is 0 Å². The maximum atomic E-state index is 11.1. The largest absolute Gasteiger partial charge is 0.462 e. The Bertz CT molecular complexity index is 435. The summed E-state index contributed by atoms with van der Waals surface area (Å²) in [6, 6.07) is 8.26. The number of rotatable bonds is 1. The van der Waals surface area contributed by atoms with Crippen LogP contribution in [0.5, 0.6) is 0 Å². The number of esters is 1. The van der Waals surface area contributed by atoms with E-state index in [1.165, 1.54) is 12.1 Å². The standard InChI is InChI=1S/C10H8N2O3/c1-15-10(14)9(13)12-8-5-3-2-4-7(8)6-11/h2-5H,1H3,(H,12,13). The minimum absolute atomic E-state index is 0.287. The number of carbonyl (C=O) groups is 2. The van der Waals surface area contributed by atoms with Crippen molar-refractivity contribution in [2.45, 2.75) is 0 Å². The number of nitriles is 1. The molecule has 5 nitrogen and oxygen atoms in total. The molecule has 0 aliphatic rings. The van der Waals surface area contributed by atoms with Crippen molar-refractivity contribution in [1.82, 2.24) is 0 Å². The van der Waals surface area contributed by atoms with Gasteiger partial charge in [-0.15, -0.1) is 0 Å². The maximum Gasteiger partial charge on any atom is 0.396 e. The molecule has 0 atom stereocenters. The Hall–Kier alpha value is -2.35. The number of carbonyl (C=O) groups excluding carboxylic acids is 2. The number of hydrogen-bond acceptors (Lipinski definition) is 4. The molecular formula is C10H8N2O3. The Morgan fingerprint density at radius 2 is 2.07 bits per heavy atom. The first-order valence-electron chi connectivity index (χ1n) is 4.07. The van der Waals surface area contributed by atoms with Crippen LogP contribution < -0.4 is 5.32 Å². The third-order valence-corrected chi connectivity index (χ3v) is 1.67. The zero-order chi connectivity index (χ0) is 11.3. The number of benzene rings is 1. The first kappa shape index (κ1) is 10.7. The topological polar surface area (TPSA) is 79.2 Å². The van der Waals surface area contributed by atoms with Crippen LogP contribution in [0.1, 0.15) is 5.56 Å². The summed E-state index contributed by atoms with van der Waals surface area (Å²) in [4.78, 5) is 21.9. The highest BCUT2D eigenvalue weighted by molar-refractivity contribution is 6.37. The van der Waals surface area contributed by atoms with Gasteiger partial charge in [0, 0.05) is 0 Å². The van der Waals surface area contributed by atoms with E-state index in [9.17, 15) is 9.59 Å². The molecule has 15 heavy (non-hydrogen) atoms. The van der Waals surface area contributed by atoms with Crippen LogP contribution in [-0.4, -0.2) is 19.0 Å². The Labute approximate surface area is 86.3 Å². The van der Waals surface area contributed by atoms with Gasteiger partial charge in [0.15, 0.2) is 0 Å². The van der Waals surface area contributed by atoms with Crippen LogP contribution in [0.2, 0.25) is 0 Å². The van der Waals surface area contributed by atoms with E-state index in [-0.39, 0.29) is 11.3 Å². The minimum Gasteiger partial charge on any atom is -0.462 e. The monoisotopic (exact) mass is 204 g/mol. The number of ether oxygens (including phenoxy) is 1. The fraction of sp³-hybridized carbons (Fsp3) is 0.100. The third kappa shape index (κ3) is 2.54. The van der Waals surface area contributed by atoms with E-state index in [1.807, 2.05) is 6.07 Å². The lowest BCUT2D eigenvalue weighted by molar-refractivity contribution is -0.150. The summed E-state index contributed by atoms with van der Waals surface area (Å²) in [7, 11) is 1.11. The van der Waals surface area contributed by atoms with Crippen molar-refractivity contribution in [2.75, 3.05) is 12.4 Å². The van der Waals surface area contributed by atoms with Crippen LogP contribution >= 0.6 is 0 Å². The molecule has 5 heteroatoms. The molecule has 0 saturated carbocycles. The molecule has 0 bridgehead atoms. The van der Waals surface area contributed by atoms with Crippen molar-refractivity contribution in [3.8, 4) is 6.07 Å². The first-order chi connectivity index (χ1) is 7.19. The highest BCUT2D eigenvalue weighted by atomic mass is 16.5. The van der Waals surface area contributed by atoms with E-state index in [1.54, 1.807) is 12.1 Å². The molecular weight excluding hydrogens is 196 g/mol. The predicted octanol–water partition coefficient (Wildman–Crippen LogP) is 0.670. The molecule has 76 valence electrons. The molecule has 1 aromatic rings. The Balaban J connectivity index is 2.86. The number of anilines is 1. The Morgan fingerprint density at radius 1 is 1.40 bits per heavy atom. The molecule has 0 spiro atoms. The van der Waals surface area contributed by atoms with Gasteiger partial charge in [0.25, 0.3) is 0 Å². The number of methoxy groups -OCH3 is 1. The molecule has 0 aliphatic heterocycles. The Kier molecular flexibility index (Phi) is 3.41. The SMILES string of the molecule is COC(=O)C(=O)Nc1ccccc1C#N. The lowest BCUT2D eigenvalue weighted by atomic mass is 10.2. The van der Waals surface area contributed by atoms with Crippen molar-refractivity contribution in [1.29, 1.82) is 5.26 Å². The van der Waals surface area contributed by atoms with E-state index in [4.69, 9.17) is 5.26 Å². The van der Waals surface area contributed by atoms with Crippen LogP contribution in [0.25, 0.3) is 0 Å². The molecule has 1 amide bonds. The van der Waals surface area contributed by atoms with E-state index >= 15 is 0 Å². The molecule has 0 heterocycles. The molecule has 0 aliphatic carbocycles. The van der Waals surface area contributed by atoms with Gasteiger partial charge in [-0.1, -0.05) is 12.1 Å². The molecule has 1 rings (SSSR count). The van der Waals surface area contributed by atoms with Crippen LogP contribution in [0.4, 0.5) is 5.69 Å². The molecule has 1 N–H and O–H groups in total. The zero-order valence-corrected chi connectivity index (χ0v) is 7.98. The second-order valence-corrected chi connectivity index (χ2v) is 2.60. The molecule has 1 aromatic carbocycles. The van der Waals surface area contributed by atoms with Crippen LogP contribution in [0.3, 0.4) is 0 Å². The van der Waals surface area contributed by atoms with Gasteiger partial charge in [-0.3, -0.25) is 4.79 Å². The van der Waals surface area contributed by atoms with Crippen molar-refractivity contribution >= 4 is 17.6 Å². The van der Waals surface area contributed by atoms with E-state index in [2.05, 4.69) is 10.1 Å². The van der Waals surface area contributed by atoms with Gasteiger partial charge in [0.05, 0.1) is 18.4 Å². The second kappa shape index (κ2) is 4.77. The average molecular weight is 204 g/mol. The highest BCUT2D eigenvalue weighted by Gasteiger charge is 2.14. The van der Waals surface area contributed by atoms with Gasteiger partial charge in [0.1, 0.15) is 6.07 Å². The summed E-state index contributed by atoms with van der Waals surface area (Å²) >= 11 is 0. The summed E-state index contributed by atoms with van der Waals surface area (Å²) in [5, 5.41) is 11.0. The predicted molar refractivity (Wildman–Crippen MR) is 51.8 cm³/mol. The van der Waals surface area contributed by atoms with E-state index < -0.39 is 11.9 Å². The highest BCUT2D eigenvalue weighted by Crippen LogP contribution is 2.13. The number of para-hydroxylation sites is 1. The van der Waals surface area contributed by atoms with Crippen LogP contribution in [-0.2, 0) is 14.3 Å². The zero-order valence-electron chi connectivity index (χ0n) is 7.98. The lowest BCUT2D eigenvalue weighted by Crippen LogP contribution is -2.24. The van der Waals surface area contributed by atoms with E-state index in [0.29, 0.717) is 0 Å². The van der Waals surface area contributed by atoms with Crippen molar-refractivity contribution < 1.29 is 14.3 Å². The molecule has 0 fully saturated rings.